The van der Waals surface area contributed by atoms with E-state index < -0.39 is 0 Å². The van der Waals surface area contributed by atoms with Gasteiger partial charge in [-0.3, -0.25) is 0 Å². The van der Waals surface area contributed by atoms with Crippen LogP contribution in [0.1, 0.15) is 37.7 Å². The van der Waals surface area contributed by atoms with E-state index in [0.29, 0.717) is 12.3 Å². The Bertz CT molecular complexity index is 442. The van der Waals surface area contributed by atoms with E-state index in [1.54, 1.807) is 0 Å². The van der Waals surface area contributed by atoms with Crippen LogP contribution in [-0.2, 0) is 6.42 Å². The highest BCUT2D eigenvalue weighted by Crippen LogP contribution is 2.49. The molecule has 3 rings (SSSR count). The Morgan fingerprint density at radius 3 is 2.74 bits per heavy atom. The molecule has 0 saturated heterocycles. The van der Waals surface area contributed by atoms with Crippen LogP contribution < -0.4 is 0 Å². The number of rotatable bonds is 4. The van der Waals surface area contributed by atoms with Gasteiger partial charge in [-0.25, -0.2) is 4.39 Å². The quantitative estimate of drug-likeness (QED) is 0.873. The highest BCUT2D eigenvalue weighted by atomic mass is 79.9. The average molecular weight is 327 g/mol. The zero-order chi connectivity index (χ0) is 13.4. The zero-order valence-corrected chi connectivity index (χ0v) is 12.6. The van der Waals surface area contributed by atoms with Crippen molar-refractivity contribution >= 4 is 15.9 Å². The van der Waals surface area contributed by atoms with E-state index in [9.17, 15) is 9.50 Å². The molecular weight excluding hydrogens is 307 g/mol. The predicted molar refractivity (Wildman–Crippen MR) is 77.4 cm³/mol. The second kappa shape index (κ2) is 5.53. The largest absolute Gasteiger partial charge is 0.393 e. The molecule has 0 aromatic heterocycles. The average Bonchev–Trinajstić information content (AvgIpc) is 2.88. The minimum absolute atomic E-state index is 0.239. The molecule has 4 unspecified atom stereocenters. The van der Waals surface area contributed by atoms with Gasteiger partial charge in [-0.1, -0.05) is 22.4 Å². The molecule has 1 nitrogen and oxygen atoms in total. The van der Waals surface area contributed by atoms with Crippen LogP contribution in [-0.4, -0.2) is 11.2 Å². The minimum Gasteiger partial charge on any atom is -0.393 e. The van der Waals surface area contributed by atoms with E-state index in [4.69, 9.17) is 0 Å². The molecule has 2 aliphatic rings. The standard InChI is InChI=1S/C16H20BrFO/c17-14-5-11(6-15(18)9-14)7-16(19)8-13-4-10-1-2-12(13)3-10/h5-6,9-10,12-13,16,19H,1-4,7-8H2. The van der Waals surface area contributed by atoms with Crippen LogP contribution in [0.4, 0.5) is 4.39 Å². The van der Waals surface area contributed by atoms with Crippen molar-refractivity contribution in [3.63, 3.8) is 0 Å². The lowest BCUT2D eigenvalue weighted by Crippen LogP contribution is -2.20. The van der Waals surface area contributed by atoms with Crippen LogP contribution in [0.5, 0.6) is 0 Å². The second-order valence-electron chi connectivity index (χ2n) is 6.31. The lowest BCUT2D eigenvalue weighted by molar-refractivity contribution is 0.124. The lowest BCUT2D eigenvalue weighted by atomic mass is 9.84. The van der Waals surface area contributed by atoms with Crippen molar-refractivity contribution in [2.75, 3.05) is 0 Å². The minimum atomic E-state index is -0.335. The first-order valence-corrected chi connectivity index (χ1v) is 8.02. The zero-order valence-electron chi connectivity index (χ0n) is 11.0. The number of fused-ring (bicyclic) bond motifs is 2. The molecule has 2 saturated carbocycles. The Kier molecular flexibility index (Phi) is 3.95. The summed E-state index contributed by atoms with van der Waals surface area (Å²) in [6.07, 6.45) is 6.54. The molecule has 0 spiro atoms. The SMILES string of the molecule is OC(Cc1cc(F)cc(Br)c1)CC1CC2CCC1C2. The molecule has 1 aromatic carbocycles. The lowest BCUT2D eigenvalue weighted by Gasteiger charge is -2.24. The normalized spacial score (nSPS) is 30.8. The van der Waals surface area contributed by atoms with Gasteiger partial charge < -0.3 is 5.11 Å². The van der Waals surface area contributed by atoms with Gasteiger partial charge in [0.25, 0.3) is 0 Å². The van der Waals surface area contributed by atoms with E-state index in [0.717, 1.165) is 28.3 Å². The van der Waals surface area contributed by atoms with Crippen molar-refractivity contribution in [3.05, 3.63) is 34.1 Å². The Hall–Kier alpha value is -0.410. The molecule has 104 valence electrons. The third-order valence-corrected chi connectivity index (χ3v) is 5.31. The Morgan fingerprint density at radius 1 is 1.26 bits per heavy atom. The van der Waals surface area contributed by atoms with Crippen LogP contribution in [0, 0.1) is 23.6 Å². The molecule has 0 radical (unpaired) electrons. The van der Waals surface area contributed by atoms with Crippen molar-refractivity contribution < 1.29 is 9.50 Å². The molecule has 19 heavy (non-hydrogen) atoms. The number of halogens is 2. The summed E-state index contributed by atoms with van der Waals surface area (Å²) >= 11 is 3.30. The van der Waals surface area contributed by atoms with Crippen molar-refractivity contribution in [3.8, 4) is 0 Å². The number of hydrogen-bond acceptors (Lipinski definition) is 1. The molecular formula is C16H20BrFO. The van der Waals surface area contributed by atoms with Gasteiger partial charge >= 0.3 is 0 Å². The van der Waals surface area contributed by atoms with Crippen LogP contribution in [0.2, 0.25) is 0 Å². The summed E-state index contributed by atoms with van der Waals surface area (Å²) in [5.74, 6) is 2.23. The van der Waals surface area contributed by atoms with Crippen molar-refractivity contribution in [2.45, 2.75) is 44.6 Å². The fraction of sp³-hybridized carbons (Fsp3) is 0.625. The second-order valence-corrected chi connectivity index (χ2v) is 7.22. The number of aliphatic hydroxyl groups is 1. The van der Waals surface area contributed by atoms with Gasteiger partial charge in [0.2, 0.25) is 0 Å². The number of aliphatic hydroxyl groups excluding tert-OH is 1. The van der Waals surface area contributed by atoms with E-state index in [2.05, 4.69) is 15.9 Å². The van der Waals surface area contributed by atoms with Crippen molar-refractivity contribution in [2.24, 2.45) is 17.8 Å². The van der Waals surface area contributed by atoms with E-state index in [-0.39, 0.29) is 11.9 Å². The first kappa shape index (κ1) is 13.6. The maximum absolute atomic E-state index is 13.3. The molecule has 0 heterocycles. The smallest absolute Gasteiger partial charge is 0.124 e. The fourth-order valence-corrected chi connectivity index (χ4v) is 4.61. The number of hydrogen-bond donors (Lipinski definition) is 1. The molecule has 1 aromatic rings. The van der Waals surface area contributed by atoms with Crippen LogP contribution in [0.25, 0.3) is 0 Å². The molecule has 2 bridgehead atoms. The molecule has 1 N–H and O–H groups in total. The molecule has 0 amide bonds. The van der Waals surface area contributed by atoms with E-state index >= 15 is 0 Å². The molecule has 3 heteroatoms. The summed E-state index contributed by atoms with van der Waals surface area (Å²) in [5.41, 5.74) is 0.877. The van der Waals surface area contributed by atoms with Gasteiger partial charge in [-0.2, -0.15) is 0 Å². The first-order chi connectivity index (χ1) is 9.10. The monoisotopic (exact) mass is 326 g/mol. The maximum atomic E-state index is 13.3. The van der Waals surface area contributed by atoms with Gasteiger partial charge in [-0.05, 0) is 73.6 Å². The van der Waals surface area contributed by atoms with Gasteiger partial charge in [0.05, 0.1) is 6.10 Å². The highest BCUT2D eigenvalue weighted by molar-refractivity contribution is 9.10. The predicted octanol–water partition coefficient (Wildman–Crippen LogP) is 4.32. The summed E-state index contributed by atoms with van der Waals surface area (Å²) < 4.78 is 14.0. The highest BCUT2D eigenvalue weighted by Gasteiger charge is 2.39. The molecule has 2 fully saturated rings. The molecule has 0 aliphatic heterocycles. The van der Waals surface area contributed by atoms with E-state index in [1.165, 1.54) is 37.8 Å². The van der Waals surface area contributed by atoms with Gasteiger partial charge in [0.15, 0.2) is 0 Å². The summed E-state index contributed by atoms with van der Waals surface area (Å²) in [4.78, 5) is 0. The fourth-order valence-electron chi connectivity index (χ4n) is 4.10. The van der Waals surface area contributed by atoms with Gasteiger partial charge in [0, 0.05) is 4.47 Å². The van der Waals surface area contributed by atoms with Crippen LogP contribution >= 0.6 is 15.9 Å². The number of benzene rings is 1. The molecule has 4 atom stereocenters. The maximum Gasteiger partial charge on any atom is 0.124 e. The Morgan fingerprint density at radius 2 is 2.11 bits per heavy atom. The Balaban J connectivity index is 1.57. The summed E-state index contributed by atoms with van der Waals surface area (Å²) in [5, 5.41) is 10.2. The van der Waals surface area contributed by atoms with Crippen molar-refractivity contribution in [1.29, 1.82) is 0 Å². The third kappa shape index (κ3) is 3.19. The van der Waals surface area contributed by atoms with Crippen LogP contribution in [0.3, 0.4) is 0 Å². The van der Waals surface area contributed by atoms with Gasteiger partial charge in [0.1, 0.15) is 5.82 Å². The topological polar surface area (TPSA) is 20.2 Å². The van der Waals surface area contributed by atoms with Gasteiger partial charge in [-0.15, -0.1) is 0 Å². The summed E-state index contributed by atoms with van der Waals surface area (Å²) in [6.45, 7) is 0. The third-order valence-electron chi connectivity index (χ3n) is 4.85. The Labute approximate surface area is 122 Å². The van der Waals surface area contributed by atoms with E-state index in [1.807, 2.05) is 6.07 Å². The van der Waals surface area contributed by atoms with Crippen molar-refractivity contribution in [1.82, 2.24) is 0 Å². The van der Waals surface area contributed by atoms with Crippen LogP contribution in [0.15, 0.2) is 22.7 Å². The first-order valence-electron chi connectivity index (χ1n) is 7.23. The summed E-state index contributed by atoms with van der Waals surface area (Å²) in [7, 11) is 0. The summed E-state index contributed by atoms with van der Waals surface area (Å²) in [6, 6.07) is 4.87. The molecule has 2 aliphatic carbocycles.